The summed E-state index contributed by atoms with van der Waals surface area (Å²) in [6, 6.07) is 13.7. The number of nitrogens with one attached hydrogen (secondary N) is 1. The molecule has 0 spiro atoms. The molecule has 1 N–H and O–H groups in total. The van der Waals surface area contributed by atoms with Gasteiger partial charge in [0.05, 0.1) is 10.8 Å². The van der Waals surface area contributed by atoms with Gasteiger partial charge < -0.3 is 4.90 Å². The van der Waals surface area contributed by atoms with Crippen LogP contribution in [0.2, 0.25) is 0 Å². The van der Waals surface area contributed by atoms with E-state index in [0.717, 1.165) is 5.56 Å². The number of nitro groups is 2. The van der Waals surface area contributed by atoms with Crippen molar-refractivity contribution in [2.45, 2.75) is 24.0 Å². The molecule has 9 nitrogen and oxygen atoms in total. The Labute approximate surface area is 160 Å². The number of fused-ring (bicyclic) bond motifs is 1. The number of carbonyl (C=O) groups is 1. The molecule has 0 aromatic heterocycles. The number of hydrogen-bond donors (Lipinski definition) is 1. The minimum atomic E-state index is -1.35. The normalized spacial score (nSPS) is 26.7. The van der Waals surface area contributed by atoms with Crippen LogP contribution in [0, 0.1) is 20.2 Å². The lowest BCUT2D eigenvalue weighted by molar-refractivity contribution is -0.516. The van der Waals surface area contributed by atoms with Crippen LogP contribution in [-0.2, 0) is 10.5 Å². The van der Waals surface area contributed by atoms with E-state index >= 15 is 0 Å². The summed E-state index contributed by atoms with van der Waals surface area (Å²) < 4.78 is 0. The van der Waals surface area contributed by atoms with E-state index in [0.29, 0.717) is 25.1 Å². The molecule has 2 fully saturated rings. The van der Waals surface area contributed by atoms with Gasteiger partial charge in [-0.2, -0.15) is 0 Å². The fraction of sp³-hybridized carbons (Fsp3) is 0.316. The monoisotopic (exact) mass is 382 g/mol. The Morgan fingerprint density at radius 2 is 1.71 bits per heavy atom. The van der Waals surface area contributed by atoms with Crippen LogP contribution in [0.3, 0.4) is 0 Å². The second-order valence-electron chi connectivity index (χ2n) is 7.03. The summed E-state index contributed by atoms with van der Waals surface area (Å²) in [7, 11) is 0. The molecule has 0 aliphatic carbocycles. The Hall–Kier alpha value is -3.33. The number of benzene rings is 2. The predicted molar refractivity (Wildman–Crippen MR) is 99.1 cm³/mol. The van der Waals surface area contributed by atoms with Gasteiger partial charge in [0.25, 0.3) is 17.6 Å². The quantitative estimate of drug-likeness (QED) is 0.638. The third-order valence-electron chi connectivity index (χ3n) is 5.64. The molecule has 1 amide bonds. The van der Waals surface area contributed by atoms with Gasteiger partial charge in [0.1, 0.15) is 5.66 Å². The molecular formula is C19H18N4O5. The van der Waals surface area contributed by atoms with Gasteiger partial charge in [-0.05, 0) is 23.3 Å². The topological polar surface area (TPSA) is 119 Å². The van der Waals surface area contributed by atoms with Crippen LogP contribution >= 0.6 is 0 Å². The molecule has 2 aliphatic rings. The number of rotatable bonds is 4. The minimum absolute atomic E-state index is 0.0467. The second kappa shape index (κ2) is 6.68. The highest BCUT2D eigenvalue weighted by atomic mass is 16.6. The van der Waals surface area contributed by atoms with Gasteiger partial charge in [-0.25, -0.2) is 0 Å². The summed E-state index contributed by atoms with van der Waals surface area (Å²) >= 11 is 0. The largest absolute Gasteiger partial charge is 0.313 e. The van der Waals surface area contributed by atoms with Crippen molar-refractivity contribution in [1.29, 1.82) is 0 Å². The molecule has 28 heavy (non-hydrogen) atoms. The lowest BCUT2D eigenvalue weighted by atomic mass is 9.76. The molecule has 0 radical (unpaired) electrons. The van der Waals surface area contributed by atoms with Gasteiger partial charge in [0, 0.05) is 36.6 Å². The van der Waals surface area contributed by atoms with Crippen LogP contribution in [0.25, 0.3) is 0 Å². The van der Waals surface area contributed by atoms with Crippen molar-refractivity contribution in [3.63, 3.8) is 0 Å². The fourth-order valence-corrected chi connectivity index (χ4v) is 4.38. The molecule has 2 aliphatic heterocycles. The summed E-state index contributed by atoms with van der Waals surface area (Å²) in [5.41, 5.74) is 0.452. The Morgan fingerprint density at radius 1 is 1.04 bits per heavy atom. The number of piperidine rings is 1. The Bertz CT molecular complexity index is 933. The fourth-order valence-electron chi connectivity index (χ4n) is 4.38. The Kier molecular flexibility index (Phi) is 4.31. The van der Waals surface area contributed by atoms with E-state index in [1.807, 2.05) is 6.07 Å². The lowest BCUT2D eigenvalue weighted by Gasteiger charge is -2.46. The van der Waals surface area contributed by atoms with Gasteiger partial charge >= 0.3 is 0 Å². The summed E-state index contributed by atoms with van der Waals surface area (Å²) in [5, 5.41) is 26.1. The van der Waals surface area contributed by atoms with Crippen LogP contribution in [-0.4, -0.2) is 39.8 Å². The van der Waals surface area contributed by atoms with Crippen molar-refractivity contribution in [3.8, 4) is 0 Å². The van der Waals surface area contributed by atoms with E-state index in [2.05, 4.69) is 5.32 Å². The highest BCUT2D eigenvalue weighted by Crippen LogP contribution is 2.45. The summed E-state index contributed by atoms with van der Waals surface area (Å²) in [5.74, 6) is -1.14. The zero-order chi connectivity index (χ0) is 19.9. The van der Waals surface area contributed by atoms with Gasteiger partial charge in [-0.3, -0.25) is 30.3 Å². The third kappa shape index (κ3) is 2.71. The van der Waals surface area contributed by atoms with E-state index < -0.39 is 33.4 Å². The molecule has 2 saturated heterocycles. The third-order valence-corrected chi connectivity index (χ3v) is 5.64. The van der Waals surface area contributed by atoms with E-state index in [-0.39, 0.29) is 5.69 Å². The average Bonchev–Trinajstić information content (AvgIpc) is 3.14. The number of carbonyl (C=O) groups excluding carboxylic acids is 1. The van der Waals surface area contributed by atoms with Crippen molar-refractivity contribution >= 4 is 11.6 Å². The van der Waals surface area contributed by atoms with E-state index in [1.165, 1.54) is 17.0 Å². The molecule has 3 atom stereocenters. The van der Waals surface area contributed by atoms with Crippen molar-refractivity contribution in [3.05, 3.63) is 86.0 Å². The van der Waals surface area contributed by atoms with Crippen LogP contribution in [0.1, 0.15) is 23.5 Å². The van der Waals surface area contributed by atoms with Crippen molar-refractivity contribution in [2.75, 3.05) is 13.1 Å². The maximum Gasteiger partial charge on any atom is 0.299 e. The first-order chi connectivity index (χ1) is 13.4. The second-order valence-corrected chi connectivity index (χ2v) is 7.03. The number of nitro benzene ring substituents is 1. The molecule has 2 aromatic carbocycles. The molecule has 4 rings (SSSR count). The average molecular weight is 382 g/mol. The minimum Gasteiger partial charge on any atom is -0.313 e. The number of hydrogen-bond acceptors (Lipinski definition) is 6. The van der Waals surface area contributed by atoms with E-state index in [9.17, 15) is 25.0 Å². The van der Waals surface area contributed by atoms with Crippen LogP contribution < -0.4 is 5.32 Å². The summed E-state index contributed by atoms with van der Waals surface area (Å²) in [6.07, 6.45) is 0.312. The molecule has 0 saturated carbocycles. The summed E-state index contributed by atoms with van der Waals surface area (Å²) in [6.45, 7) is 0.844. The van der Waals surface area contributed by atoms with E-state index in [4.69, 9.17) is 0 Å². The number of non-ortho nitro benzene ring substituents is 1. The highest BCUT2D eigenvalue weighted by molar-refractivity contribution is 5.84. The van der Waals surface area contributed by atoms with Crippen molar-refractivity contribution in [1.82, 2.24) is 10.2 Å². The summed E-state index contributed by atoms with van der Waals surface area (Å²) in [4.78, 5) is 36.4. The van der Waals surface area contributed by atoms with Crippen LogP contribution in [0.15, 0.2) is 54.6 Å². The van der Waals surface area contributed by atoms with Crippen molar-refractivity contribution in [2.24, 2.45) is 0 Å². The molecule has 2 heterocycles. The van der Waals surface area contributed by atoms with E-state index in [1.54, 1.807) is 36.4 Å². The van der Waals surface area contributed by atoms with Crippen LogP contribution in [0.4, 0.5) is 5.69 Å². The maximum absolute atomic E-state index is 13.1. The highest BCUT2D eigenvalue weighted by Gasteiger charge is 2.58. The van der Waals surface area contributed by atoms with Crippen LogP contribution in [0.5, 0.6) is 0 Å². The van der Waals surface area contributed by atoms with Gasteiger partial charge in [0.15, 0.2) is 0 Å². The smallest absolute Gasteiger partial charge is 0.299 e. The first kappa shape index (κ1) is 18.1. The maximum atomic E-state index is 13.1. The first-order valence-electron chi connectivity index (χ1n) is 8.94. The Balaban J connectivity index is 1.81. The SMILES string of the molecule is O=C1[C@H]([N+](=O)[O-])[C@@H](c2ccccc2)C[C@@]2(c3ccc([N+](=O)[O-])cc3)NCCN12. The van der Waals surface area contributed by atoms with Gasteiger partial charge in [-0.1, -0.05) is 30.3 Å². The number of nitrogens with zero attached hydrogens (tertiary/aromatic N) is 3. The first-order valence-corrected chi connectivity index (χ1v) is 8.94. The lowest BCUT2D eigenvalue weighted by Crippen LogP contribution is -2.62. The van der Waals surface area contributed by atoms with Crippen molar-refractivity contribution < 1.29 is 14.6 Å². The standard InChI is InChI=1S/C19H18N4O5/c24-18-17(23(27)28)16(13-4-2-1-3-5-13)12-19(20-10-11-21(18)19)14-6-8-15(9-7-14)22(25)26/h1-9,16-17,20H,10-12H2/t16-,17-,19-/m1/s1. The zero-order valence-corrected chi connectivity index (χ0v) is 14.9. The molecular weight excluding hydrogens is 364 g/mol. The molecule has 144 valence electrons. The van der Waals surface area contributed by atoms with Gasteiger partial charge in [0.2, 0.25) is 0 Å². The molecule has 9 heteroatoms. The molecule has 2 aromatic rings. The molecule has 0 unspecified atom stereocenters. The predicted octanol–water partition coefficient (Wildman–Crippen LogP) is 2.01. The number of amides is 1. The zero-order valence-electron chi connectivity index (χ0n) is 14.9. The van der Waals surface area contributed by atoms with Gasteiger partial charge in [-0.15, -0.1) is 0 Å². The Morgan fingerprint density at radius 3 is 2.32 bits per heavy atom. The molecule has 0 bridgehead atoms.